The van der Waals surface area contributed by atoms with Crippen molar-refractivity contribution in [2.75, 3.05) is 7.05 Å². The maximum Gasteiger partial charge on any atom is 0.0161 e. The second kappa shape index (κ2) is 4.63. The van der Waals surface area contributed by atoms with Crippen molar-refractivity contribution >= 4 is 0 Å². The summed E-state index contributed by atoms with van der Waals surface area (Å²) in [5.74, 6) is 2.35. The van der Waals surface area contributed by atoms with Gasteiger partial charge in [-0.3, -0.25) is 0 Å². The van der Waals surface area contributed by atoms with E-state index in [1.54, 1.807) is 11.1 Å². The quantitative estimate of drug-likeness (QED) is 0.851. The second-order valence-electron chi connectivity index (χ2n) is 6.61. The molecular formula is C18H27N. The molecule has 0 saturated heterocycles. The molecule has 1 aromatic carbocycles. The van der Waals surface area contributed by atoms with Crippen LogP contribution in [0.4, 0.5) is 0 Å². The van der Waals surface area contributed by atoms with Crippen molar-refractivity contribution in [3.05, 3.63) is 35.4 Å². The highest BCUT2D eigenvalue weighted by molar-refractivity contribution is 5.42. The van der Waals surface area contributed by atoms with E-state index in [0.29, 0.717) is 11.5 Å². The summed E-state index contributed by atoms with van der Waals surface area (Å²) in [7, 11) is 2.16. The van der Waals surface area contributed by atoms with Gasteiger partial charge in [0.2, 0.25) is 0 Å². The number of nitrogens with one attached hydrogen (secondary N) is 1. The van der Waals surface area contributed by atoms with Crippen molar-refractivity contribution in [3.8, 4) is 0 Å². The number of rotatable bonds is 3. The Morgan fingerprint density at radius 3 is 2.37 bits per heavy atom. The summed E-state index contributed by atoms with van der Waals surface area (Å²) in [4.78, 5) is 0. The molecule has 0 spiro atoms. The first-order chi connectivity index (χ1) is 9.19. The van der Waals surface area contributed by atoms with Crippen molar-refractivity contribution in [1.82, 2.24) is 5.32 Å². The fourth-order valence-electron chi connectivity index (χ4n) is 5.34. The molecular weight excluding hydrogens is 230 g/mol. The first kappa shape index (κ1) is 13.2. The molecule has 0 aliphatic heterocycles. The van der Waals surface area contributed by atoms with Crippen LogP contribution in [0.1, 0.15) is 63.0 Å². The van der Waals surface area contributed by atoms with E-state index in [0.717, 1.165) is 17.8 Å². The SMILES string of the molecule is CCC1(CC)C(NC)C2CC(C)c3ccccc3C21. The molecule has 1 aromatic rings. The van der Waals surface area contributed by atoms with Crippen molar-refractivity contribution in [2.24, 2.45) is 11.3 Å². The van der Waals surface area contributed by atoms with Gasteiger partial charge in [0.15, 0.2) is 0 Å². The van der Waals surface area contributed by atoms with Gasteiger partial charge in [-0.1, -0.05) is 45.0 Å². The van der Waals surface area contributed by atoms with E-state index < -0.39 is 0 Å². The fourth-order valence-corrected chi connectivity index (χ4v) is 5.34. The molecule has 104 valence electrons. The zero-order valence-electron chi connectivity index (χ0n) is 12.7. The maximum atomic E-state index is 3.64. The van der Waals surface area contributed by atoms with E-state index in [2.05, 4.69) is 57.4 Å². The van der Waals surface area contributed by atoms with Crippen LogP contribution >= 0.6 is 0 Å². The van der Waals surface area contributed by atoms with Crippen LogP contribution in [0.5, 0.6) is 0 Å². The third-order valence-corrected chi connectivity index (χ3v) is 6.21. The van der Waals surface area contributed by atoms with E-state index in [1.807, 2.05) is 0 Å². The zero-order valence-corrected chi connectivity index (χ0v) is 12.7. The molecule has 0 radical (unpaired) electrons. The molecule has 1 heteroatoms. The molecule has 19 heavy (non-hydrogen) atoms. The Kier molecular flexibility index (Phi) is 3.21. The highest BCUT2D eigenvalue weighted by atomic mass is 15.0. The van der Waals surface area contributed by atoms with Crippen LogP contribution in [0.3, 0.4) is 0 Å². The van der Waals surface area contributed by atoms with Crippen LogP contribution in [-0.4, -0.2) is 13.1 Å². The van der Waals surface area contributed by atoms with Gasteiger partial charge in [-0.2, -0.15) is 0 Å². The Bertz CT molecular complexity index is 461. The highest BCUT2D eigenvalue weighted by Gasteiger charge is 2.61. The zero-order chi connectivity index (χ0) is 13.6. The minimum atomic E-state index is 0.482. The average molecular weight is 257 g/mol. The summed E-state index contributed by atoms with van der Waals surface area (Å²) in [5.41, 5.74) is 3.75. The lowest BCUT2D eigenvalue weighted by Gasteiger charge is -2.64. The van der Waals surface area contributed by atoms with E-state index >= 15 is 0 Å². The molecule has 1 saturated carbocycles. The first-order valence-electron chi connectivity index (χ1n) is 7.95. The van der Waals surface area contributed by atoms with Crippen LogP contribution in [0.15, 0.2) is 24.3 Å². The molecule has 0 bridgehead atoms. The monoisotopic (exact) mass is 257 g/mol. The molecule has 4 unspecified atom stereocenters. The molecule has 1 nitrogen and oxygen atoms in total. The van der Waals surface area contributed by atoms with E-state index in [-0.39, 0.29) is 0 Å². The maximum absolute atomic E-state index is 3.64. The topological polar surface area (TPSA) is 12.0 Å². The summed E-state index contributed by atoms with van der Waals surface area (Å²) in [6.07, 6.45) is 3.94. The lowest BCUT2D eigenvalue weighted by molar-refractivity contribution is -0.0582. The normalized spacial score (nSPS) is 35.2. The summed E-state index contributed by atoms with van der Waals surface area (Å²) in [6.45, 7) is 7.16. The largest absolute Gasteiger partial charge is 0.316 e. The minimum Gasteiger partial charge on any atom is -0.316 e. The van der Waals surface area contributed by atoms with Crippen LogP contribution < -0.4 is 5.32 Å². The summed E-state index contributed by atoms with van der Waals surface area (Å²) in [6, 6.07) is 9.91. The second-order valence-corrected chi connectivity index (χ2v) is 6.61. The van der Waals surface area contributed by atoms with Crippen LogP contribution in [0.2, 0.25) is 0 Å². The van der Waals surface area contributed by atoms with E-state index in [1.165, 1.54) is 19.3 Å². The predicted octanol–water partition coefficient (Wildman–Crippen LogP) is 4.30. The van der Waals surface area contributed by atoms with Gasteiger partial charge in [0.05, 0.1) is 0 Å². The molecule has 4 atom stereocenters. The van der Waals surface area contributed by atoms with Gasteiger partial charge in [0.1, 0.15) is 0 Å². The molecule has 3 rings (SSSR count). The minimum absolute atomic E-state index is 0.482. The predicted molar refractivity (Wildman–Crippen MR) is 81.6 cm³/mol. The van der Waals surface area contributed by atoms with Gasteiger partial charge in [-0.15, -0.1) is 0 Å². The Morgan fingerprint density at radius 1 is 1.16 bits per heavy atom. The van der Waals surface area contributed by atoms with Gasteiger partial charge < -0.3 is 5.32 Å². The number of benzene rings is 1. The van der Waals surface area contributed by atoms with Crippen molar-refractivity contribution < 1.29 is 0 Å². The Balaban J connectivity index is 2.08. The molecule has 2 aliphatic rings. The molecule has 1 fully saturated rings. The lowest BCUT2D eigenvalue weighted by atomic mass is 9.42. The Hall–Kier alpha value is -0.820. The van der Waals surface area contributed by atoms with Crippen molar-refractivity contribution in [3.63, 3.8) is 0 Å². The number of hydrogen-bond acceptors (Lipinski definition) is 1. The van der Waals surface area contributed by atoms with Gasteiger partial charge in [-0.05, 0) is 60.6 Å². The third-order valence-electron chi connectivity index (χ3n) is 6.21. The van der Waals surface area contributed by atoms with Crippen LogP contribution in [0.25, 0.3) is 0 Å². The molecule has 2 aliphatic carbocycles. The smallest absolute Gasteiger partial charge is 0.0161 e. The first-order valence-corrected chi connectivity index (χ1v) is 7.95. The van der Waals surface area contributed by atoms with Crippen molar-refractivity contribution in [1.29, 1.82) is 0 Å². The van der Waals surface area contributed by atoms with Gasteiger partial charge in [-0.25, -0.2) is 0 Å². The van der Waals surface area contributed by atoms with Gasteiger partial charge in [0.25, 0.3) is 0 Å². The molecule has 1 N–H and O–H groups in total. The third kappa shape index (κ3) is 1.57. The molecule has 0 aromatic heterocycles. The standard InChI is InChI=1S/C18H27N/c1-5-18(6-2)16-14-10-8-7-9-13(14)12(3)11-15(16)17(18)19-4/h7-10,12,15-17,19H,5-6,11H2,1-4H3. The summed E-state index contributed by atoms with van der Waals surface area (Å²) in [5, 5.41) is 3.64. The number of fused-ring (bicyclic) bond motifs is 3. The number of hydrogen-bond donors (Lipinski definition) is 1. The fraction of sp³-hybridized carbons (Fsp3) is 0.667. The van der Waals surface area contributed by atoms with Crippen molar-refractivity contribution in [2.45, 2.75) is 57.9 Å². The molecule has 0 amide bonds. The van der Waals surface area contributed by atoms with Crippen LogP contribution in [0, 0.1) is 11.3 Å². The van der Waals surface area contributed by atoms with E-state index in [4.69, 9.17) is 0 Å². The van der Waals surface area contributed by atoms with E-state index in [9.17, 15) is 0 Å². The Morgan fingerprint density at radius 2 is 1.79 bits per heavy atom. The molecule has 0 heterocycles. The average Bonchev–Trinajstić information content (AvgIpc) is 2.43. The summed E-state index contributed by atoms with van der Waals surface area (Å²) < 4.78 is 0. The van der Waals surface area contributed by atoms with Crippen LogP contribution in [-0.2, 0) is 0 Å². The Labute approximate surface area is 117 Å². The summed E-state index contributed by atoms with van der Waals surface area (Å²) >= 11 is 0. The highest BCUT2D eigenvalue weighted by Crippen LogP contribution is 2.65. The van der Waals surface area contributed by atoms with Gasteiger partial charge >= 0.3 is 0 Å². The lowest BCUT2D eigenvalue weighted by Crippen LogP contribution is -2.65. The van der Waals surface area contributed by atoms with Gasteiger partial charge in [0, 0.05) is 6.04 Å².